The topological polar surface area (TPSA) is 9.86 Å². The monoisotopic (exact) mass is 854 g/mol. The molecule has 0 bridgehead atoms. The molecule has 0 atom stereocenters. The Morgan fingerprint density at radius 3 is 1.30 bits per heavy atom. The van der Waals surface area contributed by atoms with Gasteiger partial charge in [-0.3, -0.25) is 0 Å². The predicted molar refractivity (Wildman–Crippen MR) is 282 cm³/mol. The predicted octanol–water partition coefficient (Wildman–Crippen LogP) is 17.4. The molecule has 0 amide bonds. The van der Waals surface area contributed by atoms with Crippen LogP contribution in [0.3, 0.4) is 0 Å². The summed E-state index contributed by atoms with van der Waals surface area (Å²) in [5.41, 5.74) is 23.1. The Bertz CT molecular complexity index is 3730. The highest BCUT2D eigenvalue weighted by Crippen LogP contribution is 2.57. The Morgan fingerprint density at radius 2 is 0.716 bits per heavy atom. The number of hydrogen-bond donors (Lipinski definition) is 0. The summed E-state index contributed by atoms with van der Waals surface area (Å²) >= 11 is 0. The molecule has 0 saturated carbocycles. The second kappa shape index (κ2) is 15.3. The largest absolute Gasteiger partial charge is 0.309 e. The van der Waals surface area contributed by atoms with Crippen molar-refractivity contribution in [2.75, 3.05) is 0 Å². The van der Waals surface area contributed by atoms with Crippen LogP contribution in [0.5, 0.6) is 0 Å². The van der Waals surface area contributed by atoms with Crippen molar-refractivity contribution in [3.63, 3.8) is 0 Å². The highest BCUT2D eigenvalue weighted by molar-refractivity contribution is 6.13. The normalized spacial score (nSPS) is 12.7. The fourth-order valence-electron chi connectivity index (χ4n) is 11.5. The van der Waals surface area contributed by atoms with E-state index >= 15 is 0 Å². The minimum Gasteiger partial charge on any atom is -0.309 e. The highest BCUT2D eigenvalue weighted by Gasteiger charge is 2.42. The minimum absolute atomic E-state index is 0.281. The van der Waals surface area contributed by atoms with Crippen LogP contribution in [-0.4, -0.2) is 9.13 Å². The van der Waals surface area contributed by atoms with Crippen LogP contribution < -0.4 is 0 Å². The molecule has 0 aliphatic heterocycles. The van der Waals surface area contributed by atoms with Gasteiger partial charge >= 0.3 is 0 Å². The van der Waals surface area contributed by atoms with Crippen molar-refractivity contribution in [1.29, 1.82) is 0 Å². The van der Waals surface area contributed by atoms with E-state index in [1.807, 2.05) is 0 Å². The SMILES string of the molecule is CC1(C)c2c(-c3ccccc3-n3c4ccc(-c5ccccc5-c5ccccc5)cc4c4cc(-c5ccccc5-c5ccccc5)ccc43)cccc2-c2c1c1ccccc1n2-c1ccccc1. The molecule has 0 spiro atoms. The second-order valence-electron chi connectivity index (χ2n) is 18.4. The number of benzene rings is 10. The van der Waals surface area contributed by atoms with Gasteiger partial charge in [0, 0.05) is 38.4 Å². The number of nitrogens with zero attached hydrogens (tertiary/aromatic N) is 2. The van der Waals surface area contributed by atoms with Crippen LogP contribution in [0.2, 0.25) is 0 Å². The molecule has 12 aromatic rings. The Kier molecular flexibility index (Phi) is 8.91. The maximum Gasteiger partial charge on any atom is 0.0585 e. The fourth-order valence-corrected chi connectivity index (χ4v) is 11.5. The number of aromatic nitrogens is 2. The van der Waals surface area contributed by atoms with Crippen LogP contribution in [-0.2, 0) is 5.41 Å². The van der Waals surface area contributed by atoms with Gasteiger partial charge in [-0.15, -0.1) is 0 Å². The number of fused-ring (bicyclic) bond motifs is 8. The summed E-state index contributed by atoms with van der Waals surface area (Å²) in [6, 6.07) is 89.2. The molecule has 13 rings (SSSR count). The molecule has 0 N–H and O–H groups in total. The summed E-state index contributed by atoms with van der Waals surface area (Å²) in [7, 11) is 0. The maximum atomic E-state index is 2.52. The molecule has 0 saturated heterocycles. The van der Waals surface area contributed by atoms with Crippen molar-refractivity contribution in [2.45, 2.75) is 19.3 Å². The summed E-state index contributed by atoms with van der Waals surface area (Å²) in [6.07, 6.45) is 0. The van der Waals surface area contributed by atoms with E-state index in [4.69, 9.17) is 0 Å². The first-order chi connectivity index (χ1) is 33.0. The number of para-hydroxylation sites is 3. The fraction of sp³-hybridized carbons (Fsp3) is 0.0462. The van der Waals surface area contributed by atoms with Crippen LogP contribution in [0.4, 0.5) is 0 Å². The van der Waals surface area contributed by atoms with E-state index in [-0.39, 0.29) is 5.41 Å². The van der Waals surface area contributed by atoms with E-state index in [0.29, 0.717) is 0 Å². The van der Waals surface area contributed by atoms with Gasteiger partial charge in [0.15, 0.2) is 0 Å². The maximum absolute atomic E-state index is 2.52. The zero-order chi connectivity index (χ0) is 44.6. The van der Waals surface area contributed by atoms with E-state index in [9.17, 15) is 0 Å². The molecule has 0 fully saturated rings. The lowest BCUT2D eigenvalue weighted by molar-refractivity contribution is 0.668. The van der Waals surface area contributed by atoms with Gasteiger partial charge in [-0.25, -0.2) is 0 Å². The Morgan fingerprint density at radius 1 is 0.284 bits per heavy atom. The van der Waals surface area contributed by atoms with Gasteiger partial charge in [0.25, 0.3) is 0 Å². The molecule has 2 heteroatoms. The Balaban J connectivity index is 1.06. The van der Waals surface area contributed by atoms with Gasteiger partial charge < -0.3 is 9.13 Å². The molecule has 2 heterocycles. The van der Waals surface area contributed by atoms with Crippen molar-refractivity contribution in [3.8, 4) is 78.3 Å². The lowest BCUT2D eigenvalue weighted by Gasteiger charge is -2.26. The zero-order valence-electron chi connectivity index (χ0n) is 37.5. The molecular formula is C65H46N2. The molecule has 316 valence electrons. The summed E-state index contributed by atoms with van der Waals surface area (Å²) in [4.78, 5) is 0. The van der Waals surface area contributed by atoms with E-state index in [1.54, 1.807) is 0 Å². The molecule has 1 aliphatic rings. The van der Waals surface area contributed by atoms with Crippen molar-refractivity contribution in [2.24, 2.45) is 0 Å². The Labute approximate surface area is 391 Å². The van der Waals surface area contributed by atoms with Crippen molar-refractivity contribution in [1.82, 2.24) is 9.13 Å². The first-order valence-electron chi connectivity index (χ1n) is 23.4. The van der Waals surface area contributed by atoms with Crippen LogP contribution in [0.15, 0.2) is 243 Å². The molecule has 2 aromatic heterocycles. The molecular weight excluding hydrogens is 809 g/mol. The van der Waals surface area contributed by atoms with Crippen molar-refractivity contribution >= 4 is 32.7 Å². The number of hydrogen-bond acceptors (Lipinski definition) is 0. The highest BCUT2D eigenvalue weighted by atomic mass is 15.0. The zero-order valence-corrected chi connectivity index (χ0v) is 37.5. The van der Waals surface area contributed by atoms with Crippen LogP contribution >= 0.6 is 0 Å². The van der Waals surface area contributed by atoms with E-state index in [1.165, 1.54) is 116 Å². The smallest absolute Gasteiger partial charge is 0.0585 e. The molecule has 0 radical (unpaired) electrons. The van der Waals surface area contributed by atoms with Crippen LogP contribution in [0.25, 0.3) is 111 Å². The lowest BCUT2D eigenvalue weighted by atomic mass is 9.78. The van der Waals surface area contributed by atoms with Crippen LogP contribution in [0.1, 0.15) is 25.0 Å². The summed E-state index contributed by atoms with van der Waals surface area (Å²) < 4.78 is 5.01. The van der Waals surface area contributed by atoms with E-state index in [0.717, 1.165) is 5.69 Å². The Hall–Kier alpha value is -8.46. The standard InChI is InChI=1S/C65H46N2/c1-65(2)62-53(33-20-34-55(62)64-63(65)54-32-17-19-36-59(54)66(64)47-25-10-5-11-26-47)52-31-16-18-35-58(52)67-60-39-37-45(50-29-14-12-27-48(50)43-21-6-3-7-22-43)41-56(60)57-42-46(38-40-61(57)67)51-30-15-13-28-49(51)44-23-8-4-9-24-44/h3-42H,1-2H3. The van der Waals surface area contributed by atoms with Gasteiger partial charge in [0.2, 0.25) is 0 Å². The molecule has 10 aromatic carbocycles. The third-order valence-electron chi connectivity index (χ3n) is 14.3. The summed E-state index contributed by atoms with van der Waals surface area (Å²) in [6.45, 7) is 4.85. The van der Waals surface area contributed by atoms with Gasteiger partial charge in [0.1, 0.15) is 0 Å². The molecule has 67 heavy (non-hydrogen) atoms. The molecule has 1 aliphatic carbocycles. The number of rotatable bonds is 7. The van der Waals surface area contributed by atoms with Gasteiger partial charge in [-0.05, 0) is 110 Å². The third-order valence-corrected chi connectivity index (χ3v) is 14.3. The molecule has 0 unspecified atom stereocenters. The average molecular weight is 855 g/mol. The first-order valence-corrected chi connectivity index (χ1v) is 23.4. The third kappa shape index (κ3) is 6.03. The molecule has 2 nitrogen and oxygen atoms in total. The van der Waals surface area contributed by atoms with Crippen molar-refractivity contribution in [3.05, 3.63) is 254 Å². The first kappa shape index (κ1) is 39.0. The van der Waals surface area contributed by atoms with Crippen LogP contribution in [0, 0.1) is 0 Å². The quantitative estimate of drug-likeness (QED) is 0.151. The summed E-state index contributed by atoms with van der Waals surface area (Å²) in [5, 5.41) is 3.75. The lowest BCUT2D eigenvalue weighted by Crippen LogP contribution is -2.16. The average Bonchev–Trinajstić information content (AvgIpc) is 4.00. The van der Waals surface area contributed by atoms with Gasteiger partial charge in [-0.2, -0.15) is 0 Å². The van der Waals surface area contributed by atoms with E-state index in [2.05, 4.69) is 266 Å². The minimum atomic E-state index is -0.281. The summed E-state index contributed by atoms with van der Waals surface area (Å²) in [5.74, 6) is 0. The van der Waals surface area contributed by atoms with Crippen molar-refractivity contribution < 1.29 is 0 Å². The van der Waals surface area contributed by atoms with Gasteiger partial charge in [-0.1, -0.05) is 208 Å². The van der Waals surface area contributed by atoms with E-state index < -0.39 is 0 Å². The van der Waals surface area contributed by atoms with Gasteiger partial charge in [0.05, 0.1) is 27.9 Å². The second-order valence-corrected chi connectivity index (χ2v) is 18.4.